The van der Waals surface area contributed by atoms with E-state index in [9.17, 15) is 14.0 Å². The van der Waals surface area contributed by atoms with Gasteiger partial charge in [-0.15, -0.1) is 0 Å². The summed E-state index contributed by atoms with van der Waals surface area (Å²) in [5.74, 6) is -1.77. The number of benzene rings is 1. The van der Waals surface area contributed by atoms with Crippen molar-refractivity contribution >= 4 is 23.5 Å². The molecule has 0 atom stereocenters. The number of halogens is 2. The minimum atomic E-state index is -0.791. The van der Waals surface area contributed by atoms with Gasteiger partial charge in [-0.05, 0) is 43.9 Å². The van der Waals surface area contributed by atoms with Gasteiger partial charge in [-0.1, -0.05) is 11.6 Å². The van der Waals surface area contributed by atoms with Crippen molar-refractivity contribution in [1.29, 1.82) is 0 Å². The molecule has 1 N–H and O–H groups in total. The van der Waals surface area contributed by atoms with Crippen LogP contribution in [0.4, 0.5) is 4.39 Å². The first kappa shape index (κ1) is 16.7. The van der Waals surface area contributed by atoms with E-state index in [-0.39, 0.29) is 24.3 Å². The normalized spacial score (nSPS) is 21.4. The van der Waals surface area contributed by atoms with Gasteiger partial charge in [0.2, 0.25) is 5.91 Å². The smallest absolute Gasteiger partial charge is 0.306 e. The molecule has 6 heteroatoms. The van der Waals surface area contributed by atoms with Crippen molar-refractivity contribution in [2.45, 2.75) is 32.2 Å². The molecule has 1 amide bonds. The molecule has 22 heavy (non-hydrogen) atoms. The highest BCUT2D eigenvalue weighted by Gasteiger charge is 2.31. The first-order valence-corrected chi connectivity index (χ1v) is 7.68. The van der Waals surface area contributed by atoms with Gasteiger partial charge in [0.05, 0.1) is 5.92 Å². The minimum Gasteiger partial charge on any atom is -0.481 e. The van der Waals surface area contributed by atoms with Crippen molar-refractivity contribution in [3.8, 4) is 0 Å². The fourth-order valence-corrected chi connectivity index (χ4v) is 3.09. The van der Waals surface area contributed by atoms with Crippen LogP contribution in [-0.4, -0.2) is 28.9 Å². The van der Waals surface area contributed by atoms with Gasteiger partial charge in [-0.2, -0.15) is 0 Å². The monoisotopic (exact) mass is 327 g/mol. The molecule has 1 aromatic rings. The van der Waals surface area contributed by atoms with Gasteiger partial charge in [-0.25, -0.2) is 4.39 Å². The Hall–Kier alpha value is -1.62. The maximum Gasteiger partial charge on any atom is 0.306 e. The predicted molar refractivity (Wildman–Crippen MR) is 81.0 cm³/mol. The highest BCUT2D eigenvalue weighted by Crippen LogP contribution is 2.30. The average molecular weight is 328 g/mol. The van der Waals surface area contributed by atoms with E-state index in [1.165, 1.54) is 23.1 Å². The van der Waals surface area contributed by atoms with Crippen molar-refractivity contribution in [3.05, 3.63) is 34.6 Å². The van der Waals surface area contributed by atoms with Gasteiger partial charge >= 0.3 is 5.97 Å². The average Bonchev–Trinajstić information content (AvgIpc) is 2.50. The lowest BCUT2D eigenvalue weighted by molar-refractivity contribution is -0.145. The second-order valence-corrected chi connectivity index (χ2v) is 6.25. The van der Waals surface area contributed by atoms with Gasteiger partial charge in [0, 0.05) is 30.1 Å². The van der Waals surface area contributed by atoms with Crippen LogP contribution < -0.4 is 0 Å². The van der Waals surface area contributed by atoms with E-state index in [1.807, 2.05) is 0 Å². The topological polar surface area (TPSA) is 57.6 Å². The Morgan fingerprint density at radius 2 is 1.86 bits per heavy atom. The molecule has 1 aliphatic rings. The van der Waals surface area contributed by atoms with Gasteiger partial charge in [0.1, 0.15) is 5.82 Å². The summed E-state index contributed by atoms with van der Waals surface area (Å²) in [6, 6.07) is 4.27. The number of carboxylic acids is 1. The van der Waals surface area contributed by atoms with E-state index in [0.717, 1.165) is 0 Å². The Bertz CT molecular complexity index is 571. The number of hydrogen-bond donors (Lipinski definition) is 1. The number of aliphatic carboxylic acids is 1. The molecule has 0 saturated heterocycles. The van der Waals surface area contributed by atoms with Crippen LogP contribution in [0.15, 0.2) is 18.2 Å². The molecule has 0 bridgehead atoms. The van der Waals surface area contributed by atoms with Crippen molar-refractivity contribution < 1.29 is 19.1 Å². The van der Waals surface area contributed by atoms with Crippen LogP contribution in [-0.2, 0) is 16.1 Å². The zero-order valence-corrected chi connectivity index (χ0v) is 13.1. The maximum absolute atomic E-state index is 13.7. The van der Waals surface area contributed by atoms with Crippen molar-refractivity contribution in [2.75, 3.05) is 7.05 Å². The first-order chi connectivity index (χ1) is 10.4. The molecule has 1 aliphatic carbocycles. The third-order valence-electron chi connectivity index (χ3n) is 4.22. The number of rotatable bonds is 4. The SMILES string of the molecule is CN(Cc1cc(Cl)ccc1F)C(=O)C1CCC(C(=O)O)CC1. The van der Waals surface area contributed by atoms with Crippen LogP contribution in [0.25, 0.3) is 0 Å². The first-order valence-electron chi connectivity index (χ1n) is 7.30. The van der Waals surface area contributed by atoms with E-state index in [2.05, 4.69) is 0 Å². The standard InChI is InChI=1S/C16H19ClFNO3/c1-19(9-12-8-13(17)6-7-14(12)18)15(20)10-2-4-11(5-3-10)16(21)22/h6-8,10-11H,2-5,9H2,1H3,(H,21,22). The quantitative estimate of drug-likeness (QED) is 0.922. The fourth-order valence-electron chi connectivity index (χ4n) is 2.90. The van der Waals surface area contributed by atoms with E-state index in [0.29, 0.717) is 36.3 Å². The lowest BCUT2D eigenvalue weighted by atomic mass is 9.81. The fraction of sp³-hybridized carbons (Fsp3) is 0.500. The molecule has 0 radical (unpaired) electrons. The summed E-state index contributed by atoms with van der Waals surface area (Å²) < 4.78 is 13.7. The van der Waals surface area contributed by atoms with E-state index in [4.69, 9.17) is 16.7 Å². The second-order valence-electron chi connectivity index (χ2n) is 5.82. The Morgan fingerprint density at radius 3 is 2.45 bits per heavy atom. The van der Waals surface area contributed by atoms with Crippen LogP contribution in [0.2, 0.25) is 5.02 Å². The third kappa shape index (κ3) is 3.97. The summed E-state index contributed by atoms with van der Waals surface area (Å²) in [4.78, 5) is 24.8. The van der Waals surface area contributed by atoms with Crippen LogP contribution >= 0.6 is 11.6 Å². The van der Waals surface area contributed by atoms with Crippen molar-refractivity contribution in [2.24, 2.45) is 11.8 Å². The molecular formula is C16H19ClFNO3. The molecule has 1 aromatic carbocycles. The van der Waals surface area contributed by atoms with Gasteiger partial charge in [0.15, 0.2) is 0 Å². The summed E-state index contributed by atoms with van der Waals surface area (Å²) >= 11 is 5.85. The Morgan fingerprint density at radius 1 is 1.27 bits per heavy atom. The predicted octanol–water partition coefficient (Wildman–Crippen LogP) is 3.33. The molecule has 0 spiro atoms. The van der Waals surface area contributed by atoms with Crippen molar-refractivity contribution in [3.63, 3.8) is 0 Å². The van der Waals surface area contributed by atoms with E-state index >= 15 is 0 Å². The van der Waals surface area contributed by atoms with Gasteiger partial charge in [-0.3, -0.25) is 9.59 Å². The second kappa shape index (κ2) is 7.09. The summed E-state index contributed by atoms with van der Waals surface area (Å²) in [5.41, 5.74) is 0.377. The van der Waals surface area contributed by atoms with E-state index in [1.54, 1.807) is 7.05 Å². The number of hydrogen-bond acceptors (Lipinski definition) is 2. The van der Waals surface area contributed by atoms with E-state index < -0.39 is 11.8 Å². The number of nitrogens with zero attached hydrogens (tertiary/aromatic N) is 1. The Kier molecular flexibility index (Phi) is 5.40. The highest BCUT2D eigenvalue weighted by atomic mass is 35.5. The summed E-state index contributed by atoms with van der Waals surface area (Å²) in [7, 11) is 1.63. The molecule has 1 fully saturated rings. The molecule has 120 valence electrons. The largest absolute Gasteiger partial charge is 0.481 e. The molecule has 0 unspecified atom stereocenters. The zero-order chi connectivity index (χ0) is 16.3. The Labute approximate surface area is 133 Å². The lowest BCUT2D eigenvalue weighted by Crippen LogP contribution is -2.35. The lowest BCUT2D eigenvalue weighted by Gasteiger charge is -2.29. The van der Waals surface area contributed by atoms with Crippen LogP contribution in [0.3, 0.4) is 0 Å². The van der Waals surface area contributed by atoms with Gasteiger partial charge in [0.25, 0.3) is 0 Å². The molecule has 2 rings (SSSR count). The van der Waals surface area contributed by atoms with Crippen LogP contribution in [0.1, 0.15) is 31.2 Å². The Balaban J connectivity index is 1.95. The van der Waals surface area contributed by atoms with Crippen molar-refractivity contribution in [1.82, 2.24) is 4.90 Å². The number of carboxylic acid groups (broad SMARTS) is 1. The number of carbonyl (C=O) groups excluding carboxylic acids is 1. The maximum atomic E-state index is 13.7. The molecular weight excluding hydrogens is 309 g/mol. The molecule has 0 aliphatic heterocycles. The van der Waals surface area contributed by atoms with Gasteiger partial charge < -0.3 is 10.0 Å². The molecule has 0 heterocycles. The third-order valence-corrected chi connectivity index (χ3v) is 4.45. The molecule has 1 saturated carbocycles. The van der Waals surface area contributed by atoms with Crippen LogP contribution in [0, 0.1) is 17.7 Å². The number of carbonyl (C=O) groups is 2. The summed E-state index contributed by atoms with van der Waals surface area (Å²) in [6.45, 7) is 0.157. The highest BCUT2D eigenvalue weighted by molar-refractivity contribution is 6.30. The summed E-state index contributed by atoms with van der Waals surface area (Å²) in [6.07, 6.45) is 2.17. The van der Waals surface area contributed by atoms with Crippen LogP contribution in [0.5, 0.6) is 0 Å². The zero-order valence-electron chi connectivity index (χ0n) is 12.4. The summed E-state index contributed by atoms with van der Waals surface area (Å²) in [5, 5.41) is 9.40. The number of amides is 1. The molecule has 0 aromatic heterocycles. The minimum absolute atomic E-state index is 0.0665. The molecule has 4 nitrogen and oxygen atoms in total.